The molecule has 0 saturated carbocycles. The Balaban J connectivity index is 2.12. The molecule has 0 aromatic rings. The van der Waals surface area contributed by atoms with Crippen LogP contribution in [0.25, 0.3) is 0 Å². The van der Waals surface area contributed by atoms with Gasteiger partial charge in [-0.1, -0.05) is 58.8 Å². The molecule has 2 heteroatoms. The Bertz CT molecular complexity index is 202. The van der Waals surface area contributed by atoms with Crippen LogP contribution in [0.4, 0.5) is 0 Å². The van der Waals surface area contributed by atoms with E-state index in [2.05, 4.69) is 19.2 Å². The lowest BCUT2D eigenvalue weighted by molar-refractivity contribution is 0.0522. The van der Waals surface area contributed by atoms with Crippen LogP contribution in [-0.4, -0.2) is 25.8 Å². The first-order chi connectivity index (χ1) is 9.88. The summed E-state index contributed by atoms with van der Waals surface area (Å²) in [5, 5.41) is 3.79. The summed E-state index contributed by atoms with van der Waals surface area (Å²) in [5.41, 5.74) is 0. The minimum atomic E-state index is 0.745. The van der Waals surface area contributed by atoms with E-state index in [9.17, 15) is 0 Å². The van der Waals surface area contributed by atoms with Gasteiger partial charge in [0.2, 0.25) is 0 Å². The Labute approximate surface area is 127 Å². The quantitative estimate of drug-likeness (QED) is 0.513. The molecule has 1 atom stereocenters. The van der Waals surface area contributed by atoms with Gasteiger partial charge in [0, 0.05) is 19.3 Å². The number of nitrogens with one attached hydrogen (secondary N) is 1. The molecule has 0 aromatic carbocycles. The molecule has 20 heavy (non-hydrogen) atoms. The summed E-state index contributed by atoms with van der Waals surface area (Å²) in [5.74, 6) is 0.857. The summed E-state index contributed by atoms with van der Waals surface area (Å²) in [6, 6.07) is 0.745. The van der Waals surface area contributed by atoms with Crippen molar-refractivity contribution in [3.05, 3.63) is 0 Å². The number of ether oxygens (including phenoxy) is 1. The highest BCUT2D eigenvalue weighted by molar-refractivity contribution is 4.78. The molecule has 0 spiro atoms. The van der Waals surface area contributed by atoms with Crippen LogP contribution in [0.3, 0.4) is 0 Å². The molecule has 1 saturated heterocycles. The number of hydrogen-bond acceptors (Lipinski definition) is 2. The molecule has 1 aliphatic heterocycles. The molecule has 1 heterocycles. The van der Waals surface area contributed by atoms with Crippen molar-refractivity contribution >= 4 is 0 Å². The van der Waals surface area contributed by atoms with Crippen molar-refractivity contribution in [3.8, 4) is 0 Å². The zero-order valence-corrected chi connectivity index (χ0v) is 14.0. The third-order valence-corrected chi connectivity index (χ3v) is 4.61. The van der Waals surface area contributed by atoms with E-state index in [1.807, 2.05) is 0 Å². The first-order valence-electron chi connectivity index (χ1n) is 9.19. The highest BCUT2D eigenvalue weighted by Gasteiger charge is 2.22. The predicted molar refractivity (Wildman–Crippen MR) is 88.2 cm³/mol. The maximum absolute atomic E-state index is 5.51. The maximum Gasteiger partial charge on any atom is 0.0469 e. The second-order valence-electron chi connectivity index (χ2n) is 6.42. The average Bonchev–Trinajstić information content (AvgIpc) is 2.50. The lowest BCUT2D eigenvalue weighted by atomic mass is 9.88. The van der Waals surface area contributed by atoms with Crippen molar-refractivity contribution in [3.63, 3.8) is 0 Å². The van der Waals surface area contributed by atoms with Gasteiger partial charge in [-0.15, -0.1) is 0 Å². The molecule has 0 amide bonds. The molecule has 0 bridgehead atoms. The molecule has 120 valence electrons. The van der Waals surface area contributed by atoms with Crippen molar-refractivity contribution in [2.45, 2.75) is 90.5 Å². The van der Waals surface area contributed by atoms with Crippen molar-refractivity contribution in [2.75, 3.05) is 19.8 Å². The third-order valence-electron chi connectivity index (χ3n) is 4.61. The van der Waals surface area contributed by atoms with E-state index in [4.69, 9.17) is 4.74 Å². The van der Waals surface area contributed by atoms with Gasteiger partial charge in [0.25, 0.3) is 0 Å². The summed E-state index contributed by atoms with van der Waals surface area (Å²) in [4.78, 5) is 0. The molecular formula is C18H37NO. The minimum Gasteiger partial charge on any atom is -0.381 e. The van der Waals surface area contributed by atoms with Crippen molar-refractivity contribution in [2.24, 2.45) is 5.92 Å². The van der Waals surface area contributed by atoms with Gasteiger partial charge in [-0.05, 0) is 38.1 Å². The van der Waals surface area contributed by atoms with Crippen LogP contribution in [0.2, 0.25) is 0 Å². The van der Waals surface area contributed by atoms with Crippen LogP contribution < -0.4 is 5.32 Å². The summed E-state index contributed by atoms with van der Waals surface area (Å²) >= 11 is 0. The zero-order valence-electron chi connectivity index (χ0n) is 14.0. The average molecular weight is 284 g/mol. The van der Waals surface area contributed by atoms with Gasteiger partial charge in [0.15, 0.2) is 0 Å². The standard InChI is InChI=1S/C18H37NO/c1-3-5-6-7-8-9-10-11-18(19-14-4-2)17-12-15-20-16-13-17/h17-19H,3-16H2,1-2H3. The summed E-state index contributed by atoms with van der Waals surface area (Å²) in [6.45, 7) is 7.69. The molecule has 0 aromatic heterocycles. The number of unbranched alkanes of at least 4 members (excludes halogenated alkanes) is 6. The molecule has 1 fully saturated rings. The van der Waals surface area contributed by atoms with Crippen LogP contribution in [0.15, 0.2) is 0 Å². The van der Waals surface area contributed by atoms with Crippen LogP contribution in [0.5, 0.6) is 0 Å². The zero-order chi connectivity index (χ0) is 14.5. The topological polar surface area (TPSA) is 21.3 Å². The normalized spacial score (nSPS) is 18.3. The molecule has 2 nitrogen and oxygen atoms in total. The Morgan fingerprint density at radius 1 is 0.900 bits per heavy atom. The van der Waals surface area contributed by atoms with Gasteiger partial charge in [-0.2, -0.15) is 0 Å². The fourth-order valence-electron chi connectivity index (χ4n) is 3.27. The number of rotatable bonds is 12. The summed E-state index contributed by atoms with van der Waals surface area (Å²) in [6.07, 6.45) is 15.1. The van der Waals surface area contributed by atoms with Crippen LogP contribution in [0.1, 0.15) is 84.5 Å². The third kappa shape index (κ3) is 8.26. The van der Waals surface area contributed by atoms with Gasteiger partial charge >= 0.3 is 0 Å². The molecule has 1 rings (SSSR count). The maximum atomic E-state index is 5.51. The summed E-state index contributed by atoms with van der Waals surface area (Å²) in [7, 11) is 0. The molecule has 0 radical (unpaired) electrons. The van der Waals surface area contributed by atoms with Crippen molar-refractivity contribution in [1.82, 2.24) is 5.32 Å². The lowest BCUT2D eigenvalue weighted by Gasteiger charge is -2.31. The fraction of sp³-hybridized carbons (Fsp3) is 1.00. The first-order valence-corrected chi connectivity index (χ1v) is 9.19. The van der Waals surface area contributed by atoms with Crippen molar-refractivity contribution < 1.29 is 4.74 Å². The predicted octanol–water partition coefficient (Wildman–Crippen LogP) is 4.92. The molecule has 1 aliphatic rings. The number of hydrogen-bond donors (Lipinski definition) is 1. The Hall–Kier alpha value is -0.0800. The van der Waals surface area contributed by atoms with E-state index < -0.39 is 0 Å². The molecule has 1 N–H and O–H groups in total. The van der Waals surface area contributed by atoms with E-state index in [0.717, 1.165) is 25.2 Å². The van der Waals surface area contributed by atoms with E-state index in [0.29, 0.717) is 0 Å². The van der Waals surface area contributed by atoms with E-state index in [1.54, 1.807) is 0 Å². The van der Waals surface area contributed by atoms with Gasteiger partial charge in [0.05, 0.1) is 0 Å². The molecule has 1 unspecified atom stereocenters. The van der Waals surface area contributed by atoms with E-state index in [1.165, 1.54) is 77.2 Å². The Morgan fingerprint density at radius 3 is 2.20 bits per heavy atom. The van der Waals surface area contributed by atoms with Gasteiger partial charge < -0.3 is 10.1 Å². The minimum absolute atomic E-state index is 0.745. The monoisotopic (exact) mass is 283 g/mol. The fourth-order valence-corrected chi connectivity index (χ4v) is 3.27. The smallest absolute Gasteiger partial charge is 0.0469 e. The second kappa shape index (κ2) is 12.6. The van der Waals surface area contributed by atoms with Gasteiger partial charge in [-0.3, -0.25) is 0 Å². The largest absolute Gasteiger partial charge is 0.381 e. The first kappa shape index (κ1) is 18.0. The Morgan fingerprint density at radius 2 is 1.55 bits per heavy atom. The SMILES string of the molecule is CCCCCCCCCC(NCCC)C1CCOCC1. The summed E-state index contributed by atoms with van der Waals surface area (Å²) < 4.78 is 5.51. The molecular weight excluding hydrogens is 246 g/mol. The van der Waals surface area contributed by atoms with E-state index in [-0.39, 0.29) is 0 Å². The van der Waals surface area contributed by atoms with E-state index >= 15 is 0 Å². The Kier molecular flexibility index (Phi) is 11.4. The van der Waals surface area contributed by atoms with Crippen molar-refractivity contribution in [1.29, 1.82) is 0 Å². The molecule has 0 aliphatic carbocycles. The van der Waals surface area contributed by atoms with Crippen LogP contribution >= 0.6 is 0 Å². The second-order valence-corrected chi connectivity index (χ2v) is 6.42. The van der Waals surface area contributed by atoms with Crippen LogP contribution in [0, 0.1) is 5.92 Å². The highest BCUT2D eigenvalue weighted by Crippen LogP contribution is 2.23. The van der Waals surface area contributed by atoms with Gasteiger partial charge in [0.1, 0.15) is 0 Å². The highest BCUT2D eigenvalue weighted by atomic mass is 16.5. The van der Waals surface area contributed by atoms with Gasteiger partial charge in [-0.25, -0.2) is 0 Å². The van der Waals surface area contributed by atoms with Crippen LogP contribution in [-0.2, 0) is 4.74 Å². The lowest BCUT2D eigenvalue weighted by Crippen LogP contribution is -2.39.